The van der Waals surface area contributed by atoms with Gasteiger partial charge in [-0.05, 0) is 17.5 Å². The van der Waals surface area contributed by atoms with E-state index in [0.29, 0.717) is 0 Å². The van der Waals surface area contributed by atoms with Crippen molar-refractivity contribution in [2.75, 3.05) is 6.61 Å². The van der Waals surface area contributed by atoms with Gasteiger partial charge in [-0.1, -0.05) is 32.9 Å². The average Bonchev–Trinajstić information content (AvgIpc) is 2.77. The summed E-state index contributed by atoms with van der Waals surface area (Å²) in [5.74, 6) is -0.0333. The molecule has 0 fully saturated rings. The summed E-state index contributed by atoms with van der Waals surface area (Å²) in [4.78, 5) is 19.3. The average molecular weight is 261 g/mol. The number of H-pyrrole nitrogens is 1. The SMILES string of the molecule is CC(C)(C)C(CO)NC(=O)c1nc2ccccc2[nH]1. The van der Waals surface area contributed by atoms with E-state index in [-0.39, 0.29) is 29.8 Å². The number of hydrogen-bond donors (Lipinski definition) is 3. The van der Waals surface area contributed by atoms with Gasteiger partial charge < -0.3 is 15.4 Å². The lowest BCUT2D eigenvalue weighted by Crippen LogP contribution is -2.46. The number of carbonyl (C=O) groups excluding carboxylic acids is 1. The highest BCUT2D eigenvalue weighted by atomic mass is 16.3. The molecule has 5 heteroatoms. The van der Waals surface area contributed by atoms with Crippen molar-refractivity contribution >= 4 is 16.9 Å². The Hall–Kier alpha value is -1.88. The van der Waals surface area contributed by atoms with Gasteiger partial charge in [-0.3, -0.25) is 4.79 Å². The molecule has 0 saturated carbocycles. The zero-order valence-corrected chi connectivity index (χ0v) is 11.4. The number of aromatic nitrogens is 2. The number of amides is 1. The van der Waals surface area contributed by atoms with Crippen LogP contribution in [-0.4, -0.2) is 33.6 Å². The Morgan fingerprint density at radius 1 is 1.42 bits per heavy atom. The smallest absolute Gasteiger partial charge is 0.287 e. The fourth-order valence-corrected chi connectivity index (χ4v) is 1.82. The molecule has 1 atom stereocenters. The molecule has 0 spiro atoms. The summed E-state index contributed by atoms with van der Waals surface area (Å²) in [6.07, 6.45) is 0. The lowest BCUT2D eigenvalue weighted by molar-refractivity contribution is 0.0839. The topological polar surface area (TPSA) is 78.0 Å². The maximum Gasteiger partial charge on any atom is 0.287 e. The summed E-state index contributed by atoms with van der Waals surface area (Å²) in [6, 6.07) is 7.15. The number of hydrogen-bond acceptors (Lipinski definition) is 3. The summed E-state index contributed by atoms with van der Waals surface area (Å²) in [7, 11) is 0. The van der Waals surface area contributed by atoms with E-state index in [4.69, 9.17) is 0 Å². The van der Waals surface area contributed by atoms with Gasteiger partial charge in [0.15, 0.2) is 5.82 Å². The Balaban J connectivity index is 2.19. The Labute approximate surface area is 112 Å². The highest BCUT2D eigenvalue weighted by Gasteiger charge is 2.26. The van der Waals surface area contributed by atoms with Gasteiger partial charge in [-0.25, -0.2) is 4.98 Å². The molecule has 5 nitrogen and oxygen atoms in total. The largest absolute Gasteiger partial charge is 0.394 e. The number of rotatable bonds is 3. The van der Waals surface area contributed by atoms with Crippen LogP contribution in [0.4, 0.5) is 0 Å². The predicted molar refractivity (Wildman–Crippen MR) is 73.9 cm³/mol. The van der Waals surface area contributed by atoms with Crippen molar-refractivity contribution < 1.29 is 9.90 Å². The molecular formula is C14H19N3O2. The van der Waals surface area contributed by atoms with Crippen molar-refractivity contribution in [3.8, 4) is 0 Å². The third kappa shape index (κ3) is 2.93. The molecule has 2 aromatic rings. The van der Waals surface area contributed by atoms with Crippen LogP contribution >= 0.6 is 0 Å². The molecule has 0 aliphatic heterocycles. The Morgan fingerprint density at radius 2 is 2.11 bits per heavy atom. The molecule has 1 heterocycles. The number of aliphatic hydroxyl groups is 1. The predicted octanol–water partition coefficient (Wildman–Crippen LogP) is 1.70. The third-order valence-electron chi connectivity index (χ3n) is 3.14. The second-order valence-corrected chi connectivity index (χ2v) is 5.68. The minimum absolute atomic E-state index is 0.102. The van der Waals surface area contributed by atoms with E-state index in [2.05, 4.69) is 15.3 Å². The molecule has 19 heavy (non-hydrogen) atoms. The monoisotopic (exact) mass is 261 g/mol. The zero-order chi connectivity index (χ0) is 14.0. The van der Waals surface area contributed by atoms with Crippen molar-refractivity contribution in [3.63, 3.8) is 0 Å². The van der Waals surface area contributed by atoms with Crippen molar-refractivity contribution in [2.24, 2.45) is 5.41 Å². The summed E-state index contributed by atoms with van der Waals surface area (Å²) in [5.41, 5.74) is 1.36. The number of aromatic amines is 1. The maximum atomic E-state index is 12.1. The van der Waals surface area contributed by atoms with Crippen LogP contribution in [-0.2, 0) is 0 Å². The summed E-state index contributed by atoms with van der Waals surface area (Å²) in [5, 5.41) is 12.2. The van der Waals surface area contributed by atoms with Gasteiger partial charge >= 0.3 is 0 Å². The van der Waals surface area contributed by atoms with Gasteiger partial charge in [-0.15, -0.1) is 0 Å². The van der Waals surface area contributed by atoms with E-state index in [1.165, 1.54) is 0 Å². The van der Waals surface area contributed by atoms with Gasteiger partial charge in [0.2, 0.25) is 0 Å². The second-order valence-electron chi connectivity index (χ2n) is 5.68. The zero-order valence-electron chi connectivity index (χ0n) is 11.4. The Kier molecular flexibility index (Phi) is 3.57. The summed E-state index contributed by atoms with van der Waals surface area (Å²) < 4.78 is 0. The van der Waals surface area contributed by atoms with Crippen LogP contribution in [0.2, 0.25) is 0 Å². The van der Waals surface area contributed by atoms with Crippen molar-refractivity contribution in [1.29, 1.82) is 0 Å². The summed E-state index contributed by atoms with van der Waals surface area (Å²) >= 11 is 0. The van der Waals surface area contributed by atoms with Gasteiger partial charge in [0.25, 0.3) is 5.91 Å². The lowest BCUT2D eigenvalue weighted by Gasteiger charge is -2.29. The number of fused-ring (bicyclic) bond motifs is 1. The molecule has 1 amide bonds. The van der Waals surface area contributed by atoms with Crippen LogP contribution in [0.25, 0.3) is 11.0 Å². The Bertz CT molecular complexity index is 551. The minimum atomic E-state index is -0.312. The number of carbonyl (C=O) groups is 1. The van der Waals surface area contributed by atoms with E-state index in [9.17, 15) is 9.90 Å². The first-order valence-electron chi connectivity index (χ1n) is 6.28. The fourth-order valence-electron chi connectivity index (χ4n) is 1.82. The van der Waals surface area contributed by atoms with Crippen LogP contribution in [0, 0.1) is 5.41 Å². The molecule has 1 aromatic heterocycles. The molecule has 102 valence electrons. The molecule has 3 N–H and O–H groups in total. The number of nitrogens with zero attached hydrogens (tertiary/aromatic N) is 1. The molecule has 1 aromatic carbocycles. The number of para-hydroxylation sites is 2. The van der Waals surface area contributed by atoms with E-state index in [0.717, 1.165) is 11.0 Å². The van der Waals surface area contributed by atoms with E-state index in [1.54, 1.807) is 0 Å². The molecule has 0 aliphatic carbocycles. The first kappa shape index (κ1) is 13.5. The quantitative estimate of drug-likeness (QED) is 0.787. The molecule has 1 unspecified atom stereocenters. The van der Waals surface area contributed by atoms with Gasteiger partial charge in [0.1, 0.15) is 0 Å². The molecule has 0 saturated heterocycles. The van der Waals surface area contributed by atoms with Gasteiger partial charge in [-0.2, -0.15) is 0 Å². The van der Waals surface area contributed by atoms with Crippen LogP contribution in [0.15, 0.2) is 24.3 Å². The van der Waals surface area contributed by atoms with Gasteiger partial charge in [0, 0.05) is 0 Å². The maximum absolute atomic E-state index is 12.1. The van der Waals surface area contributed by atoms with Crippen LogP contribution in [0.5, 0.6) is 0 Å². The highest BCUT2D eigenvalue weighted by Crippen LogP contribution is 2.19. The third-order valence-corrected chi connectivity index (χ3v) is 3.14. The fraction of sp³-hybridized carbons (Fsp3) is 0.429. The number of imidazole rings is 1. The first-order valence-corrected chi connectivity index (χ1v) is 6.28. The van der Waals surface area contributed by atoms with Crippen molar-refractivity contribution in [1.82, 2.24) is 15.3 Å². The number of nitrogens with one attached hydrogen (secondary N) is 2. The first-order chi connectivity index (χ1) is 8.91. The molecule has 0 radical (unpaired) electrons. The lowest BCUT2D eigenvalue weighted by atomic mass is 9.87. The van der Waals surface area contributed by atoms with Gasteiger partial charge in [0.05, 0.1) is 23.7 Å². The highest BCUT2D eigenvalue weighted by molar-refractivity contribution is 5.94. The van der Waals surface area contributed by atoms with Crippen molar-refractivity contribution in [2.45, 2.75) is 26.8 Å². The van der Waals surface area contributed by atoms with Crippen LogP contribution in [0.3, 0.4) is 0 Å². The van der Waals surface area contributed by atoms with E-state index >= 15 is 0 Å². The second kappa shape index (κ2) is 5.01. The normalized spacial score (nSPS) is 13.5. The van der Waals surface area contributed by atoms with Crippen LogP contribution < -0.4 is 5.32 Å². The number of benzene rings is 1. The van der Waals surface area contributed by atoms with E-state index in [1.807, 2.05) is 45.0 Å². The number of aliphatic hydroxyl groups excluding tert-OH is 1. The molecular weight excluding hydrogens is 242 g/mol. The summed E-state index contributed by atoms with van der Waals surface area (Å²) in [6.45, 7) is 5.79. The Morgan fingerprint density at radius 3 is 2.68 bits per heavy atom. The molecule has 0 bridgehead atoms. The molecule has 0 aliphatic rings. The molecule has 2 rings (SSSR count). The standard InChI is InChI=1S/C14H19N3O2/c1-14(2,3)11(8-18)17-13(19)12-15-9-6-4-5-7-10(9)16-12/h4-7,11,18H,8H2,1-3H3,(H,15,16)(H,17,19). The van der Waals surface area contributed by atoms with Crippen molar-refractivity contribution in [3.05, 3.63) is 30.1 Å². The minimum Gasteiger partial charge on any atom is -0.394 e. The van der Waals surface area contributed by atoms with E-state index < -0.39 is 0 Å². The van der Waals surface area contributed by atoms with Crippen LogP contribution in [0.1, 0.15) is 31.4 Å².